The van der Waals surface area contributed by atoms with Crippen molar-refractivity contribution in [3.63, 3.8) is 0 Å². The van der Waals surface area contributed by atoms with Crippen LogP contribution in [-0.2, 0) is 9.53 Å². The number of esters is 1. The molecule has 0 aliphatic heterocycles. The van der Waals surface area contributed by atoms with Crippen LogP contribution in [0.3, 0.4) is 0 Å². The first-order chi connectivity index (χ1) is 8.26. The highest BCUT2D eigenvalue weighted by Crippen LogP contribution is 2.15. The van der Waals surface area contributed by atoms with Gasteiger partial charge in [0, 0.05) is 12.8 Å². The average molecular weight is 238 g/mol. The Morgan fingerprint density at radius 3 is 2.29 bits per heavy atom. The maximum atomic E-state index is 11.8. The summed E-state index contributed by atoms with van der Waals surface area (Å²) in [4.78, 5) is 11.8. The van der Waals surface area contributed by atoms with Gasteiger partial charge in [-0.05, 0) is 19.3 Å². The molecule has 17 heavy (non-hydrogen) atoms. The number of ether oxygens (including phenoxy) is 1. The number of carbonyl (C=O) groups is 1. The molecule has 0 aromatic heterocycles. The molecule has 0 fully saturated rings. The normalized spacial score (nSPS) is 9.88. The molecule has 0 radical (unpaired) electrons. The standard InChI is InChI=1S/C15H26O2/c1-4-7-8-9-10-13-17-15(16)14(11-5-2)12-6-3/h14H,4-6,9-13H2,1-3H3. The van der Waals surface area contributed by atoms with E-state index in [1.165, 1.54) is 0 Å². The van der Waals surface area contributed by atoms with E-state index in [0.717, 1.165) is 44.9 Å². The molecule has 98 valence electrons. The fraction of sp³-hybridized carbons (Fsp3) is 0.800. The largest absolute Gasteiger partial charge is 0.465 e. The van der Waals surface area contributed by atoms with Crippen LogP contribution in [0, 0.1) is 17.8 Å². The molecular weight excluding hydrogens is 212 g/mol. The van der Waals surface area contributed by atoms with Gasteiger partial charge in [-0.2, -0.15) is 0 Å². The first kappa shape index (κ1) is 16.0. The molecular formula is C15H26O2. The van der Waals surface area contributed by atoms with Crippen LogP contribution in [0.2, 0.25) is 0 Å². The summed E-state index contributed by atoms with van der Waals surface area (Å²) in [6, 6.07) is 0. The third-order valence-corrected chi connectivity index (χ3v) is 2.60. The summed E-state index contributed by atoms with van der Waals surface area (Å²) in [6.07, 6.45) is 6.56. The zero-order valence-corrected chi connectivity index (χ0v) is 11.6. The van der Waals surface area contributed by atoms with Gasteiger partial charge in [0.15, 0.2) is 0 Å². The Morgan fingerprint density at radius 1 is 1.12 bits per heavy atom. The van der Waals surface area contributed by atoms with Crippen molar-refractivity contribution in [2.24, 2.45) is 5.92 Å². The highest BCUT2D eigenvalue weighted by molar-refractivity contribution is 5.72. The minimum atomic E-state index is -0.0165. The summed E-state index contributed by atoms with van der Waals surface area (Å²) in [7, 11) is 0. The van der Waals surface area contributed by atoms with Gasteiger partial charge in [0.05, 0.1) is 12.5 Å². The van der Waals surface area contributed by atoms with Crippen molar-refractivity contribution >= 4 is 5.97 Å². The lowest BCUT2D eigenvalue weighted by atomic mass is 9.99. The maximum absolute atomic E-state index is 11.8. The zero-order valence-electron chi connectivity index (χ0n) is 11.6. The molecule has 0 atom stereocenters. The van der Waals surface area contributed by atoms with Crippen molar-refractivity contribution in [2.45, 2.75) is 65.7 Å². The Morgan fingerprint density at radius 2 is 1.76 bits per heavy atom. The first-order valence-electron chi connectivity index (χ1n) is 6.88. The van der Waals surface area contributed by atoms with Gasteiger partial charge in [-0.1, -0.05) is 33.6 Å². The summed E-state index contributed by atoms with van der Waals surface area (Å²) >= 11 is 0. The van der Waals surface area contributed by atoms with Crippen LogP contribution in [0.5, 0.6) is 0 Å². The number of rotatable bonds is 8. The molecule has 0 unspecified atom stereocenters. The monoisotopic (exact) mass is 238 g/mol. The van der Waals surface area contributed by atoms with E-state index in [4.69, 9.17) is 4.74 Å². The lowest BCUT2D eigenvalue weighted by Crippen LogP contribution is -2.18. The predicted octanol–water partition coefficient (Wildman–Crippen LogP) is 3.94. The van der Waals surface area contributed by atoms with E-state index in [2.05, 4.69) is 25.7 Å². The van der Waals surface area contributed by atoms with E-state index >= 15 is 0 Å². The van der Waals surface area contributed by atoms with Gasteiger partial charge in [-0.3, -0.25) is 4.79 Å². The number of hydrogen-bond donors (Lipinski definition) is 0. The van der Waals surface area contributed by atoms with Gasteiger partial charge < -0.3 is 4.74 Å². The van der Waals surface area contributed by atoms with Crippen LogP contribution in [0.4, 0.5) is 0 Å². The molecule has 0 amide bonds. The molecule has 2 nitrogen and oxygen atoms in total. The molecule has 0 bridgehead atoms. The van der Waals surface area contributed by atoms with Crippen LogP contribution >= 0.6 is 0 Å². The van der Waals surface area contributed by atoms with Crippen molar-refractivity contribution in [1.29, 1.82) is 0 Å². The number of hydrogen-bond acceptors (Lipinski definition) is 2. The molecule has 0 aromatic carbocycles. The van der Waals surface area contributed by atoms with E-state index in [9.17, 15) is 4.79 Å². The molecule has 0 rings (SSSR count). The van der Waals surface area contributed by atoms with Crippen molar-refractivity contribution in [3.05, 3.63) is 0 Å². The van der Waals surface area contributed by atoms with E-state index in [1.807, 2.05) is 6.92 Å². The van der Waals surface area contributed by atoms with E-state index in [1.54, 1.807) is 0 Å². The molecule has 2 heteroatoms. The average Bonchev–Trinajstić information content (AvgIpc) is 2.33. The molecule has 0 saturated heterocycles. The van der Waals surface area contributed by atoms with Crippen molar-refractivity contribution in [2.75, 3.05) is 6.61 Å². The first-order valence-corrected chi connectivity index (χ1v) is 6.88. The molecule has 0 spiro atoms. The third kappa shape index (κ3) is 8.80. The fourth-order valence-corrected chi connectivity index (χ4v) is 1.74. The lowest BCUT2D eigenvalue weighted by Gasteiger charge is -2.13. The number of unbranched alkanes of at least 4 members (excludes halogenated alkanes) is 1. The summed E-state index contributed by atoms with van der Waals surface area (Å²) in [5, 5.41) is 0. The Hall–Kier alpha value is -0.970. The van der Waals surface area contributed by atoms with Crippen molar-refractivity contribution < 1.29 is 9.53 Å². The molecule has 0 saturated carbocycles. The lowest BCUT2D eigenvalue weighted by molar-refractivity contribution is -0.149. The summed E-state index contributed by atoms with van der Waals surface area (Å²) in [5.41, 5.74) is 0. The van der Waals surface area contributed by atoms with E-state index < -0.39 is 0 Å². The molecule has 0 aliphatic carbocycles. The van der Waals surface area contributed by atoms with E-state index in [0.29, 0.717) is 6.61 Å². The highest BCUT2D eigenvalue weighted by atomic mass is 16.5. The smallest absolute Gasteiger partial charge is 0.308 e. The van der Waals surface area contributed by atoms with Crippen LogP contribution in [-0.4, -0.2) is 12.6 Å². The number of carbonyl (C=O) groups excluding carboxylic acids is 1. The summed E-state index contributed by atoms with van der Waals surface area (Å²) in [5.74, 6) is 6.14. The van der Waals surface area contributed by atoms with Gasteiger partial charge >= 0.3 is 5.97 Å². The highest BCUT2D eigenvalue weighted by Gasteiger charge is 2.17. The third-order valence-electron chi connectivity index (χ3n) is 2.60. The second-order valence-electron chi connectivity index (χ2n) is 4.25. The van der Waals surface area contributed by atoms with Crippen molar-refractivity contribution in [1.82, 2.24) is 0 Å². The Kier molecular flexibility index (Phi) is 10.9. The van der Waals surface area contributed by atoms with Crippen LogP contribution < -0.4 is 0 Å². The van der Waals surface area contributed by atoms with Gasteiger partial charge in [0.25, 0.3) is 0 Å². The van der Waals surface area contributed by atoms with Gasteiger partial charge in [0.2, 0.25) is 0 Å². The molecule has 0 aromatic rings. The Bertz CT molecular complexity index is 241. The van der Waals surface area contributed by atoms with Gasteiger partial charge in [-0.25, -0.2) is 0 Å². The van der Waals surface area contributed by atoms with Crippen LogP contribution in [0.25, 0.3) is 0 Å². The second kappa shape index (κ2) is 11.5. The zero-order chi connectivity index (χ0) is 12.9. The predicted molar refractivity (Wildman–Crippen MR) is 71.6 cm³/mol. The Balaban J connectivity index is 3.73. The molecule has 0 N–H and O–H groups in total. The van der Waals surface area contributed by atoms with E-state index in [-0.39, 0.29) is 11.9 Å². The minimum absolute atomic E-state index is 0.0165. The van der Waals surface area contributed by atoms with Crippen molar-refractivity contribution in [3.8, 4) is 11.8 Å². The van der Waals surface area contributed by atoms with Crippen LogP contribution in [0.15, 0.2) is 0 Å². The quantitative estimate of drug-likeness (QED) is 0.364. The maximum Gasteiger partial charge on any atom is 0.308 e. The molecule has 0 aliphatic rings. The minimum Gasteiger partial charge on any atom is -0.465 e. The Labute approximate surface area is 106 Å². The molecule has 0 heterocycles. The summed E-state index contributed by atoms with van der Waals surface area (Å²) in [6.45, 7) is 6.76. The topological polar surface area (TPSA) is 26.3 Å². The van der Waals surface area contributed by atoms with Gasteiger partial charge in [0.1, 0.15) is 0 Å². The summed E-state index contributed by atoms with van der Waals surface area (Å²) < 4.78 is 5.28. The van der Waals surface area contributed by atoms with Crippen LogP contribution in [0.1, 0.15) is 65.7 Å². The SMILES string of the molecule is CCC#CCCCOC(=O)C(CCC)CCC. The van der Waals surface area contributed by atoms with Gasteiger partial charge in [-0.15, -0.1) is 11.8 Å². The fourth-order valence-electron chi connectivity index (χ4n) is 1.74. The second-order valence-corrected chi connectivity index (χ2v) is 4.25.